The summed E-state index contributed by atoms with van der Waals surface area (Å²) in [5.74, 6) is 0. The Balaban J connectivity index is 2.45. The lowest BCUT2D eigenvalue weighted by molar-refractivity contribution is 0.727. The summed E-state index contributed by atoms with van der Waals surface area (Å²) in [6, 6.07) is 0. The van der Waals surface area contributed by atoms with Crippen LogP contribution in [0.1, 0.15) is 25.7 Å². The Morgan fingerprint density at radius 2 is 1.86 bits per heavy atom. The fraction of sp³-hybridized carbons (Fsp3) is 0.833. The van der Waals surface area contributed by atoms with Gasteiger partial charge in [-0.3, -0.25) is 0 Å². The average molecular weight is 95.0 g/mol. The fourth-order valence-corrected chi connectivity index (χ4v) is 0.498. The smallest absolute Gasteiger partial charge is 0.0653 e. The molecule has 0 aliphatic carbocycles. The van der Waals surface area contributed by atoms with E-state index < -0.39 is 0 Å². The van der Waals surface area contributed by atoms with E-state index >= 15 is 0 Å². The number of unbranched alkanes of at least 4 members (excludes halogenated alkanes) is 3. The normalized spacial score (nSPS) is 9.29. The highest BCUT2D eigenvalue weighted by Gasteiger charge is 1.80. The molecule has 0 N–H and O–H groups in total. The van der Waals surface area contributed by atoms with Gasteiger partial charge in [0, 0.05) is 0 Å². The van der Waals surface area contributed by atoms with Crippen LogP contribution in [0.5, 0.6) is 0 Å². The van der Waals surface area contributed by atoms with Crippen molar-refractivity contribution in [2.45, 2.75) is 32.0 Å². The second-order valence-corrected chi connectivity index (χ2v) is 1.70. The first-order valence-electron chi connectivity index (χ1n) is 2.91. The van der Waals surface area contributed by atoms with Crippen LogP contribution in [0.25, 0.3) is 0 Å². The van der Waals surface area contributed by atoms with E-state index in [2.05, 4.69) is 6.92 Å². The van der Waals surface area contributed by atoms with Gasteiger partial charge in [0.1, 0.15) is 0 Å². The van der Waals surface area contributed by atoms with Crippen LogP contribution in [0, 0.1) is 6.92 Å². The lowest BCUT2D eigenvalue weighted by Crippen LogP contribution is -1.72. The third-order valence-corrected chi connectivity index (χ3v) is 0.954. The molecule has 0 unspecified atom stereocenters. The predicted octanol–water partition coefficient (Wildman–Crippen LogP) is 1.97. The van der Waals surface area contributed by atoms with Crippen molar-refractivity contribution in [3.05, 3.63) is 6.92 Å². The summed E-state index contributed by atoms with van der Waals surface area (Å²) in [5, 5.41) is 0. The van der Waals surface area contributed by atoms with E-state index in [0.29, 0.717) is 0 Å². The van der Waals surface area contributed by atoms with E-state index in [4.69, 9.17) is 7.85 Å². The quantitative estimate of drug-likeness (QED) is 0.370. The van der Waals surface area contributed by atoms with Gasteiger partial charge in [-0.15, -0.1) is 0 Å². The van der Waals surface area contributed by atoms with Crippen LogP contribution in [0.15, 0.2) is 0 Å². The Bertz CT molecular complexity index is 23.4. The van der Waals surface area contributed by atoms with Gasteiger partial charge in [-0.1, -0.05) is 38.9 Å². The molecule has 3 radical (unpaired) electrons. The molecule has 0 aliphatic rings. The van der Waals surface area contributed by atoms with E-state index in [1.807, 2.05) is 0 Å². The maximum atomic E-state index is 5.25. The summed E-state index contributed by atoms with van der Waals surface area (Å²) < 4.78 is 0. The van der Waals surface area contributed by atoms with Gasteiger partial charge in [-0.2, -0.15) is 0 Å². The number of hydrogen-bond acceptors (Lipinski definition) is 0. The fourth-order valence-electron chi connectivity index (χ4n) is 0.498. The molecule has 1 heteroatoms. The van der Waals surface area contributed by atoms with Crippen molar-refractivity contribution in [2.24, 2.45) is 0 Å². The van der Waals surface area contributed by atoms with Crippen molar-refractivity contribution in [3.8, 4) is 0 Å². The highest BCUT2D eigenvalue weighted by atomic mass is 13.8. The highest BCUT2D eigenvalue weighted by molar-refractivity contribution is 6.08. The summed E-state index contributed by atoms with van der Waals surface area (Å²) >= 11 is 0. The molecule has 7 heavy (non-hydrogen) atoms. The minimum atomic E-state index is 0.833. The van der Waals surface area contributed by atoms with Crippen molar-refractivity contribution in [1.82, 2.24) is 0 Å². The molecule has 0 spiro atoms. The summed E-state index contributed by atoms with van der Waals surface area (Å²) in [5.41, 5.74) is 0. The molecule has 0 bridgehead atoms. The molecular weight excluding hydrogens is 82.9 g/mol. The Hall–Kier alpha value is 0.0649. The van der Waals surface area contributed by atoms with Gasteiger partial charge in [0.25, 0.3) is 0 Å². The Morgan fingerprint density at radius 3 is 2.29 bits per heavy atom. The van der Waals surface area contributed by atoms with Crippen LogP contribution < -0.4 is 0 Å². The molecule has 0 atom stereocenters. The first kappa shape index (κ1) is 7.06. The lowest BCUT2D eigenvalue weighted by atomic mass is 9.99. The van der Waals surface area contributed by atoms with Gasteiger partial charge in [0.05, 0.1) is 7.85 Å². The minimum Gasteiger partial charge on any atom is -0.0887 e. The van der Waals surface area contributed by atoms with Gasteiger partial charge in [0.2, 0.25) is 0 Å². The first-order valence-corrected chi connectivity index (χ1v) is 2.91. The zero-order chi connectivity index (χ0) is 5.54. The molecule has 0 saturated heterocycles. The predicted molar refractivity (Wildman–Crippen MR) is 34.4 cm³/mol. The van der Waals surface area contributed by atoms with Crippen molar-refractivity contribution < 1.29 is 0 Å². The van der Waals surface area contributed by atoms with E-state index in [1.54, 1.807) is 0 Å². The second kappa shape index (κ2) is 6.06. The Kier molecular flexibility index (Phi) is 6.12. The number of hydrogen-bond donors (Lipinski definition) is 0. The van der Waals surface area contributed by atoms with Crippen molar-refractivity contribution in [1.29, 1.82) is 0 Å². The van der Waals surface area contributed by atoms with E-state index in [0.717, 1.165) is 19.2 Å². The zero-order valence-electron chi connectivity index (χ0n) is 4.82. The second-order valence-electron chi connectivity index (χ2n) is 1.70. The van der Waals surface area contributed by atoms with Crippen LogP contribution >= 0.6 is 0 Å². The standard InChI is InChI=1S/C6H12B/c1-2-3-4-5-6-7/h1-6H2. The van der Waals surface area contributed by atoms with Crippen LogP contribution in [-0.4, -0.2) is 7.85 Å². The molecule has 0 heterocycles. The largest absolute Gasteiger partial charge is 0.0887 e. The molecule has 0 fully saturated rings. The van der Waals surface area contributed by atoms with Gasteiger partial charge in [-0.05, 0) is 0 Å². The van der Waals surface area contributed by atoms with Gasteiger partial charge in [0.15, 0.2) is 0 Å². The molecule has 0 aromatic heterocycles. The van der Waals surface area contributed by atoms with Crippen molar-refractivity contribution >= 4 is 7.85 Å². The lowest BCUT2D eigenvalue weighted by Gasteiger charge is -1.90. The monoisotopic (exact) mass is 95.1 g/mol. The Labute approximate surface area is 47.7 Å². The van der Waals surface area contributed by atoms with Crippen LogP contribution in [-0.2, 0) is 0 Å². The van der Waals surface area contributed by atoms with Gasteiger partial charge in [-0.25, -0.2) is 0 Å². The maximum Gasteiger partial charge on any atom is 0.0653 e. The van der Waals surface area contributed by atoms with Gasteiger partial charge < -0.3 is 0 Å². The van der Waals surface area contributed by atoms with E-state index in [1.165, 1.54) is 12.8 Å². The molecule has 0 aromatic carbocycles. The Morgan fingerprint density at radius 1 is 1.14 bits per heavy atom. The van der Waals surface area contributed by atoms with Crippen LogP contribution in [0.2, 0.25) is 6.32 Å². The van der Waals surface area contributed by atoms with Crippen molar-refractivity contribution in [3.63, 3.8) is 0 Å². The van der Waals surface area contributed by atoms with Crippen LogP contribution in [0.3, 0.4) is 0 Å². The zero-order valence-corrected chi connectivity index (χ0v) is 4.82. The third-order valence-electron chi connectivity index (χ3n) is 0.954. The third kappa shape index (κ3) is 6.06. The SMILES string of the molecule is [B]CCCCC[CH2]. The highest BCUT2D eigenvalue weighted by Crippen LogP contribution is 1.99. The van der Waals surface area contributed by atoms with Crippen molar-refractivity contribution in [2.75, 3.05) is 0 Å². The van der Waals surface area contributed by atoms with Gasteiger partial charge >= 0.3 is 0 Å². The molecule has 0 nitrogen and oxygen atoms in total. The molecule has 0 aromatic rings. The summed E-state index contributed by atoms with van der Waals surface area (Å²) in [7, 11) is 5.25. The molecule has 0 rings (SSSR count). The first-order chi connectivity index (χ1) is 3.41. The van der Waals surface area contributed by atoms with E-state index in [-0.39, 0.29) is 0 Å². The molecular formula is C6H12B. The molecule has 39 valence electrons. The van der Waals surface area contributed by atoms with E-state index in [9.17, 15) is 0 Å². The van der Waals surface area contributed by atoms with Crippen LogP contribution in [0.4, 0.5) is 0 Å². The summed E-state index contributed by atoms with van der Waals surface area (Å²) in [6.45, 7) is 3.72. The maximum absolute atomic E-state index is 5.25. The summed E-state index contributed by atoms with van der Waals surface area (Å²) in [6.07, 6.45) is 5.53. The summed E-state index contributed by atoms with van der Waals surface area (Å²) in [4.78, 5) is 0. The minimum absolute atomic E-state index is 0.833. The molecule has 0 amide bonds. The topological polar surface area (TPSA) is 0 Å². The average Bonchev–Trinajstić information content (AvgIpc) is 1.69. The molecule has 0 saturated carbocycles. The molecule has 0 aliphatic heterocycles. The number of rotatable bonds is 4.